The molecule has 0 atom stereocenters. The lowest BCUT2D eigenvalue weighted by atomic mass is 10.0. The largest absolute Gasteiger partial charge is 0.351 e. The molecule has 28 heavy (non-hydrogen) atoms. The molecule has 0 saturated heterocycles. The van der Waals surface area contributed by atoms with Crippen LogP contribution in [0.25, 0.3) is 0 Å². The van der Waals surface area contributed by atoms with Crippen molar-refractivity contribution in [3.8, 4) is 0 Å². The molecule has 0 radical (unpaired) electrons. The Bertz CT molecular complexity index is 911. The lowest BCUT2D eigenvalue weighted by Crippen LogP contribution is -2.24. The average molecular weight is 433 g/mol. The van der Waals surface area contributed by atoms with Crippen LogP contribution in [0.1, 0.15) is 30.9 Å². The quantitative estimate of drug-likeness (QED) is 0.462. The van der Waals surface area contributed by atoms with Crippen molar-refractivity contribution in [3.63, 3.8) is 0 Å². The third-order valence-electron chi connectivity index (χ3n) is 3.96. The molecule has 5 nitrogen and oxygen atoms in total. The van der Waals surface area contributed by atoms with E-state index >= 15 is 0 Å². The number of halogens is 1. The highest BCUT2D eigenvalue weighted by atomic mass is 35.5. The molecule has 1 heterocycles. The number of nitrogens with one attached hydrogen (secondary N) is 2. The fourth-order valence-corrected chi connectivity index (χ4v) is 4.10. The molecular weight excluding hydrogens is 412 g/mol. The summed E-state index contributed by atoms with van der Waals surface area (Å²) in [4.78, 5) is 12.0. The van der Waals surface area contributed by atoms with Crippen molar-refractivity contribution >= 4 is 51.4 Å². The van der Waals surface area contributed by atoms with Crippen LogP contribution in [-0.4, -0.2) is 21.9 Å². The lowest BCUT2D eigenvalue weighted by Gasteiger charge is -2.06. The van der Waals surface area contributed by atoms with E-state index in [0.29, 0.717) is 28.4 Å². The Morgan fingerprint density at radius 3 is 2.50 bits per heavy atom. The van der Waals surface area contributed by atoms with E-state index in [-0.39, 0.29) is 5.91 Å². The van der Waals surface area contributed by atoms with Crippen LogP contribution in [-0.2, 0) is 11.3 Å². The fourth-order valence-electron chi connectivity index (χ4n) is 2.37. The maximum absolute atomic E-state index is 12.0. The summed E-state index contributed by atoms with van der Waals surface area (Å²) in [5.74, 6) is 0.754. The number of thioether (sulfide) groups is 1. The maximum Gasteiger partial charge on any atom is 0.230 e. The van der Waals surface area contributed by atoms with Gasteiger partial charge in [-0.2, -0.15) is 0 Å². The highest BCUT2D eigenvalue weighted by Gasteiger charge is 2.09. The van der Waals surface area contributed by atoms with E-state index in [9.17, 15) is 4.79 Å². The van der Waals surface area contributed by atoms with Crippen molar-refractivity contribution in [2.24, 2.45) is 0 Å². The number of hydrogen-bond acceptors (Lipinski definition) is 6. The van der Waals surface area contributed by atoms with E-state index in [0.717, 1.165) is 15.6 Å². The Labute approximate surface area is 177 Å². The number of benzene rings is 2. The first kappa shape index (κ1) is 20.6. The Morgan fingerprint density at radius 2 is 1.82 bits per heavy atom. The molecule has 146 valence electrons. The zero-order valence-electron chi connectivity index (χ0n) is 15.6. The molecule has 8 heteroatoms. The summed E-state index contributed by atoms with van der Waals surface area (Å²) in [6, 6.07) is 15.7. The van der Waals surface area contributed by atoms with Gasteiger partial charge in [-0.3, -0.25) is 4.79 Å². The number of rotatable bonds is 8. The van der Waals surface area contributed by atoms with Crippen molar-refractivity contribution in [2.75, 3.05) is 11.1 Å². The normalized spacial score (nSPS) is 10.9. The van der Waals surface area contributed by atoms with E-state index < -0.39 is 0 Å². The lowest BCUT2D eigenvalue weighted by molar-refractivity contribution is -0.118. The van der Waals surface area contributed by atoms with Crippen LogP contribution in [0.2, 0.25) is 5.02 Å². The van der Waals surface area contributed by atoms with E-state index in [1.165, 1.54) is 28.7 Å². The van der Waals surface area contributed by atoms with Crippen LogP contribution < -0.4 is 10.6 Å². The standard InChI is InChI=1S/C20H21ClN4OS2/c1-13(2)15-5-9-17(10-6-15)23-19-24-25-20(28-19)27-12-18(26)22-11-14-3-7-16(21)8-4-14/h3-10,13H,11-12H2,1-2H3,(H,22,26)(H,23,24). The van der Waals surface area contributed by atoms with Gasteiger partial charge in [-0.05, 0) is 41.3 Å². The molecule has 0 saturated carbocycles. The van der Waals surface area contributed by atoms with Crippen LogP contribution in [0, 0.1) is 0 Å². The fraction of sp³-hybridized carbons (Fsp3) is 0.250. The first-order valence-corrected chi connectivity index (χ1v) is 11.0. The average Bonchev–Trinajstić information content (AvgIpc) is 3.13. The number of hydrogen-bond donors (Lipinski definition) is 2. The smallest absolute Gasteiger partial charge is 0.230 e. The van der Waals surface area contributed by atoms with Crippen LogP contribution >= 0.6 is 34.7 Å². The first-order valence-electron chi connectivity index (χ1n) is 8.84. The van der Waals surface area contributed by atoms with Crippen LogP contribution in [0.4, 0.5) is 10.8 Å². The first-order chi connectivity index (χ1) is 13.5. The molecule has 0 spiro atoms. The molecule has 3 aromatic rings. The molecular formula is C20H21ClN4OS2. The van der Waals surface area contributed by atoms with Gasteiger partial charge in [0.1, 0.15) is 0 Å². The summed E-state index contributed by atoms with van der Waals surface area (Å²) in [5.41, 5.74) is 3.27. The highest BCUT2D eigenvalue weighted by molar-refractivity contribution is 8.01. The molecule has 1 aromatic heterocycles. The van der Waals surface area contributed by atoms with E-state index in [4.69, 9.17) is 11.6 Å². The third-order valence-corrected chi connectivity index (χ3v) is 6.19. The molecule has 1 amide bonds. The van der Waals surface area contributed by atoms with Crippen LogP contribution in [0.5, 0.6) is 0 Å². The predicted octanol–water partition coefficient (Wildman–Crippen LogP) is 5.47. The van der Waals surface area contributed by atoms with Gasteiger partial charge in [0, 0.05) is 17.3 Å². The number of anilines is 2. The molecule has 0 fully saturated rings. The third kappa shape index (κ3) is 6.22. The van der Waals surface area contributed by atoms with E-state index in [1.807, 2.05) is 36.4 Å². The van der Waals surface area contributed by atoms with Crippen molar-refractivity contribution in [1.82, 2.24) is 15.5 Å². The van der Waals surface area contributed by atoms with Crippen molar-refractivity contribution in [1.29, 1.82) is 0 Å². The monoisotopic (exact) mass is 432 g/mol. The zero-order valence-corrected chi connectivity index (χ0v) is 18.0. The summed E-state index contributed by atoms with van der Waals surface area (Å²) >= 11 is 8.66. The Hall–Kier alpha value is -2.09. The van der Waals surface area contributed by atoms with Gasteiger partial charge in [0.25, 0.3) is 0 Å². The number of carbonyl (C=O) groups is 1. The van der Waals surface area contributed by atoms with Crippen molar-refractivity contribution < 1.29 is 4.79 Å². The molecule has 3 rings (SSSR count). The molecule has 0 aliphatic carbocycles. The van der Waals surface area contributed by atoms with Gasteiger partial charge in [0.2, 0.25) is 11.0 Å². The zero-order chi connectivity index (χ0) is 19.9. The minimum Gasteiger partial charge on any atom is -0.351 e. The molecule has 2 N–H and O–H groups in total. The van der Waals surface area contributed by atoms with Crippen molar-refractivity contribution in [2.45, 2.75) is 30.6 Å². The Balaban J connectivity index is 1.45. The Morgan fingerprint density at radius 1 is 1.11 bits per heavy atom. The van der Waals surface area contributed by atoms with Gasteiger partial charge in [-0.15, -0.1) is 10.2 Å². The molecule has 0 aliphatic rings. The topological polar surface area (TPSA) is 66.9 Å². The molecule has 0 bridgehead atoms. The summed E-state index contributed by atoms with van der Waals surface area (Å²) in [7, 11) is 0. The predicted molar refractivity (Wildman–Crippen MR) is 118 cm³/mol. The summed E-state index contributed by atoms with van der Waals surface area (Å²) in [6.07, 6.45) is 0. The molecule has 0 unspecified atom stereocenters. The SMILES string of the molecule is CC(C)c1ccc(Nc2nnc(SCC(=O)NCc3ccc(Cl)cc3)s2)cc1. The summed E-state index contributed by atoms with van der Waals surface area (Å²) in [6.45, 7) is 4.82. The summed E-state index contributed by atoms with van der Waals surface area (Å²) in [5, 5.41) is 15.8. The number of carbonyl (C=O) groups excluding carboxylic acids is 1. The Kier molecular flexibility index (Phi) is 7.30. The molecule has 0 aliphatic heterocycles. The van der Waals surface area contributed by atoms with E-state index in [1.54, 1.807) is 0 Å². The van der Waals surface area contributed by atoms with Crippen LogP contribution in [0.15, 0.2) is 52.9 Å². The van der Waals surface area contributed by atoms with E-state index in [2.05, 4.69) is 46.8 Å². The van der Waals surface area contributed by atoms with Gasteiger partial charge in [0.15, 0.2) is 4.34 Å². The van der Waals surface area contributed by atoms with Crippen LogP contribution in [0.3, 0.4) is 0 Å². The number of amides is 1. The van der Waals surface area contributed by atoms with Crippen molar-refractivity contribution in [3.05, 3.63) is 64.7 Å². The number of aromatic nitrogens is 2. The summed E-state index contributed by atoms with van der Waals surface area (Å²) < 4.78 is 0.753. The highest BCUT2D eigenvalue weighted by Crippen LogP contribution is 2.28. The maximum atomic E-state index is 12.0. The van der Waals surface area contributed by atoms with Gasteiger partial charge < -0.3 is 10.6 Å². The number of nitrogens with zero attached hydrogens (tertiary/aromatic N) is 2. The minimum absolute atomic E-state index is 0.0473. The van der Waals surface area contributed by atoms with Gasteiger partial charge in [0.05, 0.1) is 5.75 Å². The second-order valence-corrected chi connectivity index (χ2v) is 9.10. The van der Waals surface area contributed by atoms with Gasteiger partial charge >= 0.3 is 0 Å². The van der Waals surface area contributed by atoms with Gasteiger partial charge in [-0.1, -0.05) is 72.8 Å². The molecule has 2 aromatic carbocycles. The second-order valence-electron chi connectivity index (χ2n) is 6.47. The second kappa shape index (κ2) is 9.91. The minimum atomic E-state index is -0.0473. The van der Waals surface area contributed by atoms with Gasteiger partial charge in [-0.25, -0.2) is 0 Å².